The van der Waals surface area contributed by atoms with Crippen LogP contribution in [0.5, 0.6) is 0 Å². The molecule has 0 heterocycles. The highest BCUT2D eigenvalue weighted by molar-refractivity contribution is 5.66. The summed E-state index contributed by atoms with van der Waals surface area (Å²) in [5.74, 6) is -0.652. The van der Waals surface area contributed by atoms with Crippen LogP contribution in [0.2, 0.25) is 0 Å². The summed E-state index contributed by atoms with van der Waals surface area (Å²) in [6, 6.07) is 0. The molecule has 248 valence electrons. The lowest BCUT2D eigenvalue weighted by molar-refractivity contribution is -0.137. The lowest BCUT2D eigenvalue weighted by Gasteiger charge is -2.32. The third-order valence-corrected chi connectivity index (χ3v) is 8.68. The lowest BCUT2D eigenvalue weighted by Crippen LogP contribution is -2.19. The first-order valence-corrected chi connectivity index (χ1v) is 17.9. The van der Waals surface area contributed by atoms with Gasteiger partial charge in [-0.2, -0.15) is 0 Å². The number of aliphatic carboxylic acids is 1. The normalized spacial score (nSPS) is 15.8. The molecule has 0 aromatic carbocycles. The highest BCUT2D eigenvalue weighted by Crippen LogP contribution is 2.40. The molecule has 0 saturated carbocycles. The summed E-state index contributed by atoms with van der Waals surface area (Å²) < 4.78 is 0. The zero-order valence-electron chi connectivity index (χ0n) is 29.3. The van der Waals surface area contributed by atoms with Crippen LogP contribution < -0.4 is 0 Å². The van der Waals surface area contributed by atoms with E-state index < -0.39 is 5.97 Å². The van der Waals surface area contributed by atoms with Gasteiger partial charge in [-0.25, -0.2) is 0 Å². The molecule has 0 amide bonds. The SMILES string of the molecule is CC1=C(/C=C/C(C)=C/C=C/C(C)=C/CO)C(C)(C)CCC1.CCCCCCCCCCCCCCCCCCCC(=O)O. The van der Waals surface area contributed by atoms with Crippen LogP contribution in [-0.4, -0.2) is 22.8 Å². The molecule has 3 heteroatoms. The molecule has 0 aromatic heterocycles. The largest absolute Gasteiger partial charge is 0.481 e. The molecule has 2 N–H and O–H groups in total. The van der Waals surface area contributed by atoms with Gasteiger partial charge in [-0.1, -0.05) is 177 Å². The smallest absolute Gasteiger partial charge is 0.303 e. The van der Waals surface area contributed by atoms with Crippen molar-refractivity contribution in [3.63, 3.8) is 0 Å². The quantitative estimate of drug-likeness (QED) is 0.0908. The Balaban J connectivity index is 0.000000821. The minimum atomic E-state index is -0.652. The average molecular weight is 599 g/mol. The minimum absolute atomic E-state index is 0.0985. The van der Waals surface area contributed by atoms with Gasteiger partial charge in [0.15, 0.2) is 0 Å². The first-order chi connectivity index (χ1) is 20.6. The number of carboxylic acids is 1. The molecule has 0 spiro atoms. The van der Waals surface area contributed by atoms with Gasteiger partial charge < -0.3 is 10.2 Å². The van der Waals surface area contributed by atoms with Gasteiger partial charge in [0, 0.05) is 6.42 Å². The molecule has 0 saturated heterocycles. The summed E-state index contributed by atoms with van der Waals surface area (Å²) in [5, 5.41) is 17.3. The fourth-order valence-electron chi connectivity index (χ4n) is 5.85. The number of hydrogen-bond donors (Lipinski definition) is 2. The number of unbranched alkanes of at least 4 members (excludes halogenated alkanes) is 16. The molecular weight excluding hydrogens is 528 g/mol. The van der Waals surface area contributed by atoms with Crippen molar-refractivity contribution in [1.82, 2.24) is 0 Å². The van der Waals surface area contributed by atoms with Gasteiger partial charge in [0.05, 0.1) is 6.61 Å². The number of carboxylic acid groups (broad SMARTS) is 1. The molecule has 0 atom stereocenters. The summed E-state index contributed by atoms with van der Waals surface area (Å²) in [6.07, 6.45) is 39.4. The predicted molar refractivity (Wildman–Crippen MR) is 190 cm³/mol. The molecule has 0 fully saturated rings. The Morgan fingerprint density at radius 3 is 1.70 bits per heavy atom. The van der Waals surface area contributed by atoms with Crippen molar-refractivity contribution >= 4 is 5.97 Å². The van der Waals surface area contributed by atoms with Crippen molar-refractivity contribution in [2.75, 3.05) is 6.61 Å². The standard InChI is InChI=1S/C20H40O2.C20H30O/c1-2-3-4-5-6-7-8-9-10-11-12-13-14-15-16-17-18-19-20(21)22;1-16(8-6-9-17(2)13-15-21)11-12-19-18(3)10-7-14-20(19,4)5/h2-19H2,1H3,(H,21,22);6,8-9,11-13,21H,7,10,14-15H2,1-5H3/b;9-6+,12-11+,16-8+,17-13+. The van der Waals surface area contributed by atoms with Gasteiger partial charge in [-0.3, -0.25) is 4.79 Å². The molecule has 3 nitrogen and oxygen atoms in total. The average Bonchev–Trinajstić information content (AvgIpc) is 2.94. The Labute approximate surface area is 267 Å². The van der Waals surface area contributed by atoms with Crippen molar-refractivity contribution < 1.29 is 15.0 Å². The van der Waals surface area contributed by atoms with Gasteiger partial charge in [0.1, 0.15) is 0 Å². The molecular formula is C40H70O3. The zero-order valence-corrected chi connectivity index (χ0v) is 29.3. The summed E-state index contributed by atoms with van der Waals surface area (Å²) in [5.41, 5.74) is 5.66. The van der Waals surface area contributed by atoms with Gasteiger partial charge in [0.2, 0.25) is 0 Å². The number of aliphatic hydroxyl groups excluding tert-OH is 1. The highest BCUT2D eigenvalue weighted by atomic mass is 16.4. The van der Waals surface area contributed by atoms with E-state index >= 15 is 0 Å². The van der Waals surface area contributed by atoms with Crippen molar-refractivity contribution in [2.24, 2.45) is 5.41 Å². The van der Waals surface area contributed by atoms with Crippen LogP contribution >= 0.6 is 0 Å². The van der Waals surface area contributed by atoms with E-state index in [4.69, 9.17) is 10.2 Å². The summed E-state index contributed by atoms with van der Waals surface area (Å²) in [6.45, 7) is 13.4. The van der Waals surface area contributed by atoms with E-state index in [-0.39, 0.29) is 6.61 Å². The van der Waals surface area contributed by atoms with E-state index in [9.17, 15) is 4.79 Å². The number of hydrogen-bond acceptors (Lipinski definition) is 2. The number of carbonyl (C=O) groups is 1. The minimum Gasteiger partial charge on any atom is -0.481 e. The Kier molecular flexibility index (Phi) is 26.5. The molecule has 0 bridgehead atoms. The molecule has 1 aliphatic carbocycles. The van der Waals surface area contributed by atoms with Crippen LogP contribution in [0.3, 0.4) is 0 Å². The van der Waals surface area contributed by atoms with Crippen molar-refractivity contribution in [2.45, 2.75) is 176 Å². The fourth-order valence-corrected chi connectivity index (χ4v) is 5.85. The van der Waals surface area contributed by atoms with Crippen LogP contribution in [0.15, 0.2) is 58.7 Å². The maximum atomic E-state index is 10.4. The molecule has 1 rings (SSSR count). The highest BCUT2D eigenvalue weighted by Gasteiger charge is 2.26. The zero-order chi connectivity index (χ0) is 32.2. The Morgan fingerprint density at radius 2 is 1.26 bits per heavy atom. The Hall–Kier alpha value is -1.87. The van der Waals surface area contributed by atoms with Crippen molar-refractivity contribution in [3.05, 3.63) is 58.7 Å². The third kappa shape index (κ3) is 25.2. The van der Waals surface area contributed by atoms with Gasteiger partial charge >= 0.3 is 5.97 Å². The second kappa shape index (κ2) is 27.7. The molecule has 0 radical (unpaired) electrons. The predicted octanol–water partition coefficient (Wildman–Crippen LogP) is 12.6. The monoisotopic (exact) mass is 599 g/mol. The Morgan fingerprint density at radius 1 is 0.767 bits per heavy atom. The molecule has 0 unspecified atom stereocenters. The van der Waals surface area contributed by atoms with Gasteiger partial charge in [0.25, 0.3) is 0 Å². The topological polar surface area (TPSA) is 57.5 Å². The van der Waals surface area contributed by atoms with E-state index in [0.717, 1.165) is 18.4 Å². The van der Waals surface area contributed by atoms with Crippen molar-refractivity contribution in [1.29, 1.82) is 0 Å². The van der Waals surface area contributed by atoms with Gasteiger partial charge in [-0.05, 0) is 57.4 Å². The van der Waals surface area contributed by atoms with Crippen LogP contribution in [-0.2, 0) is 4.79 Å². The maximum absolute atomic E-state index is 10.4. The maximum Gasteiger partial charge on any atom is 0.303 e. The van der Waals surface area contributed by atoms with Gasteiger partial charge in [-0.15, -0.1) is 0 Å². The van der Waals surface area contributed by atoms with Crippen molar-refractivity contribution in [3.8, 4) is 0 Å². The van der Waals surface area contributed by atoms with E-state index in [1.54, 1.807) is 6.08 Å². The summed E-state index contributed by atoms with van der Waals surface area (Å²) >= 11 is 0. The third-order valence-electron chi connectivity index (χ3n) is 8.68. The van der Waals surface area contributed by atoms with Crippen LogP contribution in [0.4, 0.5) is 0 Å². The lowest BCUT2D eigenvalue weighted by atomic mass is 9.72. The van der Waals surface area contributed by atoms with Crippen LogP contribution in [0.1, 0.15) is 176 Å². The molecule has 0 aliphatic heterocycles. The number of rotatable bonds is 23. The first-order valence-electron chi connectivity index (χ1n) is 17.9. The second-order valence-electron chi connectivity index (χ2n) is 13.5. The molecule has 0 aromatic rings. The van der Waals surface area contributed by atoms with Crippen LogP contribution in [0, 0.1) is 5.41 Å². The van der Waals surface area contributed by atoms with Crippen LogP contribution in [0.25, 0.3) is 0 Å². The van der Waals surface area contributed by atoms with E-state index in [0.29, 0.717) is 11.8 Å². The molecule has 43 heavy (non-hydrogen) atoms. The summed E-state index contributed by atoms with van der Waals surface area (Å²) in [7, 11) is 0. The fraction of sp³-hybridized carbons (Fsp3) is 0.725. The first kappa shape index (κ1) is 41.1. The second-order valence-corrected chi connectivity index (χ2v) is 13.5. The number of allylic oxidation sites excluding steroid dienone is 9. The summed E-state index contributed by atoms with van der Waals surface area (Å²) in [4.78, 5) is 10.4. The molecule has 1 aliphatic rings. The van der Waals surface area contributed by atoms with E-state index in [1.807, 2.05) is 19.1 Å². The van der Waals surface area contributed by atoms with E-state index in [1.165, 1.54) is 132 Å². The van der Waals surface area contributed by atoms with E-state index in [2.05, 4.69) is 52.8 Å². The Bertz CT molecular complexity index is 853. The number of aliphatic hydroxyl groups is 1.